The van der Waals surface area contributed by atoms with Gasteiger partial charge in [0.25, 0.3) is 5.92 Å². The van der Waals surface area contributed by atoms with Gasteiger partial charge in [0.05, 0.1) is 17.8 Å². The first-order chi connectivity index (χ1) is 6.00. The van der Waals surface area contributed by atoms with Crippen LogP contribution in [-0.4, -0.2) is 15.9 Å². The van der Waals surface area contributed by atoms with Crippen LogP contribution in [0.5, 0.6) is 0 Å². The van der Waals surface area contributed by atoms with Crippen LogP contribution in [0.3, 0.4) is 0 Å². The van der Waals surface area contributed by atoms with Crippen LogP contribution in [0.4, 0.5) is 13.2 Å². The van der Waals surface area contributed by atoms with Gasteiger partial charge in [0.15, 0.2) is 5.82 Å². The van der Waals surface area contributed by atoms with Crippen LogP contribution < -0.4 is 0 Å². The van der Waals surface area contributed by atoms with E-state index in [1.54, 1.807) is 0 Å². The van der Waals surface area contributed by atoms with Crippen molar-refractivity contribution in [3.8, 4) is 0 Å². The first kappa shape index (κ1) is 8.74. The minimum atomic E-state index is -2.83. The molecule has 0 aromatic carbocycles. The predicted molar refractivity (Wildman–Crippen MR) is 39.3 cm³/mol. The van der Waals surface area contributed by atoms with E-state index in [1.807, 2.05) is 0 Å². The summed E-state index contributed by atoms with van der Waals surface area (Å²) >= 11 is 5.35. The number of nitrogens with zero attached hydrogens (tertiary/aromatic N) is 2. The molecule has 70 valence electrons. The maximum Gasteiger partial charge on any atom is 0.257 e. The fourth-order valence-corrected chi connectivity index (χ4v) is 1.25. The molecule has 1 atom stereocenters. The fraction of sp³-hybridized carbons (Fsp3) is 0.429. The lowest BCUT2D eigenvalue weighted by molar-refractivity contribution is 0.111. The number of aromatic nitrogens is 2. The molecule has 1 unspecified atom stereocenters. The third kappa shape index (κ3) is 1.48. The number of hydrogen-bond donors (Lipinski definition) is 0. The minimum absolute atomic E-state index is 0.209. The van der Waals surface area contributed by atoms with E-state index in [-0.39, 0.29) is 17.4 Å². The van der Waals surface area contributed by atoms with Crippen LogP contribution >= 0.6 is 11.6 Å². The molecule has 0 amide bonds. The van der Waals surface area contributed by atoms with Crippen LogP contribution in [0.2, 0.25) is 5.28 Å². The van der Waals surface area contributed by atoms with Crippen molar-refractivity contribution in [2.75, 3.05) is 0 Å². The van der Waals surface area contributed by atoms with Gasteiger partial charge in [0.1, 0.15) is 0 Å². The standard InChI is InChI=1S/C7H4ClF3N2/c8-6-12-2-4(9)5(13-6)3-1-7(3,10)11/h2-3H,1H2. The lowest BCUT2D eigenvalue weighted by atomic mass is 10.2. The van der Waals surface area contributed by atoms with Gasteiger partial charge >= 0.3 is 0 Å². The van der Waals surface area contributed by atoms with Gasteiger partial charge in [0, 0.05) is 6.42 Å². The van der Waals surface area contributed by atoms with Gasteiger partial charge in [0.2, 0.25) is 5.28 Å². The molecule has 1 aliphatic carbocycles. The Morgan fingerprint density at radius 1 is 1.54 bits per heavy atom. The van der Waals surface area contributed by atoms with E-state index in [9.17, 15) is 13.2 Å². The SMILES string of the molecule is Fc1cnc(Cl)nc1C1CC1(F)F. The van der Waals surface area contributed by atoms with E-state index in [0.717, 1.165) is 6.20 Å². The molecule has 1 aromatic rings. The molecule has 0 spiro atoms. The van der Waals surface area contributed by atoms with Gasteiger partial charge in [-0.3, -0.25) is 0 Å². The Kier molecular flexibility index (Phi) is 1.73. The van der Waals surface area contributed by atoms with Crippen molar-refractivity contribution >= 4 is 11.6 Å². The van der Waals surface area contributed by atoms with Crippen LogP contribution in [0.1, 0.15) is 18.0 Å². The second-order valence-electron chi connectivity index (χ2n) is 2.89. The highest BCUT2D eigenvalue weighted by Crippen LogP contribution is 2.55. The number of halogens is 4. The quantitative estimate of drug-likeness (QED) is 0.663. The number of alkyl halides is 2. The number of hydrogen-bond acceptors (Lipinski definition) is 2. The highest BCUT2D eigenvalue weighted by Gasteiger charge is 2.59. The van der Waals surface area contributed by atoms with Crippen molar-refractivity contribution in [2.24, 2.45) is 0 Å². The van der Waals surface area contributed by atoms with Crippen molar-refractivity contribution in [2.45, 2.75) is 18.3 Å². The third-order valence-electron chi connectivity index (χ3n) is 1.90. The summed E-state index contributed by atoms with van der Waals surface area (Å²) in [5, 5.41) is -0.209. The predicted octanol–water partition coefficient (Wildman–Crippen LogP) is 2.39. The Morgan fingerprint density at radius 2 is 2.15 bits per heavy atom. The molecule has 0 radical (unpaired) electrons. The zero-order chi connectivity index (χ0) is 9.64. The van der Waals surface area contributed by atoms with Gasteiger partial charge in [-0.15, -0.1) is 0 Å². The molecular formula is C7H4ClF3N2. The van der Waals surface area contributed by atoms with Crippen LogP contribution in [-0.2, 0) is 0 Å². The molecule has 0 N–H and O–H groups in total. The Balaban J connectivity index is 2.36. The lowest BCUT2D eigenvalue weighted by Crippen LogP contribution is -2.00. The number of rotatable bonds is 1. The summed E-state index contributed by atoms with van der Waals surface area (Å²) in [5.41, 5.74) is -0.287. The molecule has 13 heavy (non-hydrogen) atoms. The Labute approximate surface area is 76.8 Å². The lowest BCUT2D eigenvalue weighted by Gasteiger charge is -1.99. The van der Waals surface area contributed by atoms with Gasteiger partial charge in [-0.05, 0) is 11.6 Å². The van der Waals surface area contributed by atoms with E-state index < -0.39 is 17.7 Å². The van der Waals surface area contributed by atoms with Crippen molar-refractivity contribution in [3.05, 3.63) is 23.0 Å². The smallest absolute Gasteiger partial charge is 0.223 e. The topological polar surface area (TPSA) is 25.8 Å². The zero-order valence-electron chi connectivity index (χ0n) is 6.27. The summed E-state index contributed by atoms with van der Waals surface area (Å²) in [5.74, 6) is -4.79. The first-order valence-corrected chi connectivity index (χ1v) is 3.94. The maximum atomic E-state index is 12.9. The highest BCUT2D eigenvalue weighted by molar-refractivity contribution is 6.28. The normalized spacial score (nSPS) is 24.5. The summed E-state index contributed by atoms with van der Waals surface area (Å²) in [6.45, 7) is 0. The molecule has 2 rings (SSSR count). The van der Waals surface area contributed by atoms with Crippen molar-refractivity contribution in [3.63, 3.8) is 0 Å². The maximum absolute atomic E-state index is 12.9. The second kappa shape index (κ2) is 2.57. The summed E-state index contributed by atoms with van der Waals surface area (Å²) < 4.78 is 37.9. The zero-order valence-corrected chi connectivity index (χ0v) is 7.02. The molecule has 1 fully saturated rings. The second-order valence-corrected chi connectivity index (χ2v) is 3.23. The van der Waals surface area contributed by atoms with Crippen molar-refractivity contribution in [1.82, 2.24) is 9.97 Å². The van der Waals surface area contributed by atoms with Crippen LogP contribution in [0.25, 0.3) is 0 Å². The van der Waals surface area contributed by atoms with Gasteiger partial charge < -0.3 is 0 Å². The molecule has 0 aliphatic heterocycles. The summed E-state index contributed by atoms with van der Waals surface area (Å²) in [4.78, 5) is 6.76. The molecule has 0 bridgehead atoms. The molecule has 0 saturated heterocycles. The largest absolute Gasteiger partial charge is 0.257 e. The molecule has 6 heteroatoms. The fourth-order valence-electron chi connectivity index (χ4n) is 1.11. The van der Waals surface area contributed by atoms with Crippen LogP contribution in [0.15, 0.2) is 6.20 Å². The van der Waals surface area contributed by atoms with Gasteiger partial charge in [-0.25, -0.2) is 23.1 Å². The molecular weight excluding hydrogens is 205 g/mol. The Bertz CT molecular complexity index is 356. The van der Waals surface area contributed by atoms with Crippen molar-refractivity contribution in [1.29, 1.82) is 0 Å². The minimum Gasteiger partial charge on any atom is -0.223 e. The van der Waals surface area contributed by atoms with E-state index in [2.05, 4.69) is 9.97 Å². The molecule has 2 nitrogen and oxygen atoms in total. The molecule has 1 aliphatic rings. The van der Waals surface area contributed by atoms with E-state index in [4.69, 9.17) is 11.6 Å². The van der Waals surface area contributed by atoms with E-state index >= 15 is 0 Å². The average Bonchev–Trinajstić information content (AvgIpc) is 2.65. The molecule has 1 saturated carbocycles. The summed E-state index contributed by atoms with van der Waals surface area (Å²) in [7, 11) is 0. The van der Waals surface area contributed by atoms with Gasteiger partial charge in [-0.2, -0.15) is 0 Å². The summed E-state index contributed by atoms with van der Waals surface area (Å²) in [6, 6.07) is 0. The van der Waals surface area contributed by atoms with E-state index in [0.29, 0.717) is 0 Å². The summed E-state index contributed by atoms with van der Waals surface area (Å²) in [6.07, 6.45) is 0.441. The monoisotopic (exact) mass is 208 g/mol. The Hall–Kier alpha value is -0.840. The van der Waals surface area contributed by atoms with Gasteiger partial charge in [-0.1, -0.05) is 0 Å². The third-order valence-corrected chi connectivity index (χ3v) is 2.08. The Morgan fingerprint density at radius 3 is 2.69 bits per heavy atom. The van der Waals surface area contributed by atoms with E-state index in [1.165, 1.54) is 0 Å². The average molecular weight is 209 g/mol. The molecule has 1 heterocycles. The van der Waals surface area contributed by atoms with Crippen molar-refractivity contribution < 1.29 is 13.2 Å². The molecule has 1 aromatic heterocycles. The first-order valence-electron chi connectivity index (χ1n) is 3.56. The van der Waals surface area contributed by atoms with Crippen LogP contribution in [0, 0.1) is 5.82 Å². The highest BCUT2D eigenvalue weighted by atomic mass is 35.5.